The molecule has 2 rings (SSSR count). The molecule has 0 aromatic carbocycles. The molecule has 7 nitrogen and oxygen atoms in total. The second-order valence-corrected chi connectivity index (χ2v) is 7.89. The number of sulfonamides is 1. The van der Waals surface area contributed by atoms with Crippen molar-refractivity contribution >= 4 is 15.9 Å². The summed E-state index contributed by atoms with van der Waals surface area (Å²) in [7, 11) is -3.34. The van der Waals surface area contributed by atoms with Crippen LogP contribution in [0.25, 0.3) is 0 Å². The summed E-state index contributed by atoms with van der Waals surface area (Å²) >= 11 is 0. The number of amides is 1. The van der Waals surface area contributed by atoms with E-state index in [4.69, 9.17) is 4.74 Å². The van der Waals surface area contributed by atoms with Gasteiger partial charge in [0, 0.05) is 31.9 Å². The van der Waals surface area contributed by atoms with E-state index < -0.39 is 16.1 Å². The van der Waals surface area contributed by atoms with Gasteiger partial charge in [-0.15, -0.1) is 0 Å². The highest BCUT2D eigenvalue weighted by Gasteiger charge is 2.33. The molecule has 1 aliphatic rings. The maximum atomic E-state index is 12.4. The molecular weight excluding hydrogens is 330 g/mol. The summed E-state index contributed by atoms with van der Waals surface area (Å²) in [6, 6.07) is 3.22. The summed E-state index contributed by atoms with van der Waals surface area (Å²) in [5.41, 5.74) is 0.950. The van der Waals surface area contributed by atoms with Crippen molar-refractivity contribution in [2.75, 3.05) is 25.5 Å². The van der Waals surface area contributed by atoms with Gasteiger partial charge in [-0.2, -0.15) is 4.31 Å². The first kappa shape index (κ1) is 18.8. The maximum Gasteiger partial charge on any atom is 0.221 e. The van der Waals surface area contributed by atoms with Crippen molar-refractivity contribution in [3.8, 4) is 0 Å². The van der Waals surface area contributed by atoms with Gasteiger partial charge in [0.25, 0.3) is 0 Å². The second kappa shape index (κ2) is 9.10. The third-order valence-corrected chi connectivity index (χ3v) is 5.95. The van der Waals surface area contributed by atoms with Gasteiger partial charge in [0.1, 0.15) is 0 Å². The topological polar surface area (TPSA) is 88.6 Å². The Labute approximate surface area is 143 Å². The molecule has 0 radical (unpaired) electrons. The first-order valence-corrected chi connectivity index (χ1v) is 9.86. The minimum absolute atomic E-state index is 0.108. The Kier molecular flexibility index (Phi) is 7.14. The van der Waals surface area contributed by atoms with Gasteiger partial charge in [-0.05, 0) is 24.1 Å². The molecule has 1 aromatic heterocycles. The van der Waals surface area contributed by atoms with Gasteiger partial charge >= 0.3 is 0 Å². The molecule has 134 valence electrons. The molecule has 1 fully saturated rings. The van der Waals surface area contributed by atoms with E-state index >= 15 is 0 Å². The van der Waals surface area contributed by atoms with Crippen molar-refractivity contribution in [3.05, 3.63) is 30.1 Å². The van der Waals surface area contributed by atoms with Crippen LogP contribution in [0, 0.1) is 0 Å². The first-order valence-electron chi connectivity index (χ1n) is 8.26. The zero-order valence-electron chi connectivity index (χ0n) is 14.0. The lowest BCUT2D eigenvalue weighted by Crippen LogP contribution is -2.51. The van der Waals surface area contributed by atoms with Gasteiger partial charge in [-0.1, -0.05) is 13.3 Å². The fourth-order valence-corrected chi connectivity index (χ4v) is 4.43. The number of carbonyl (C=O) groups excluding carboxylic acids is 1. The lowest BCUT2D eigenvalue weighted by atomic mass is 10.2. The minimum atomic E-state index is -3.34. The third kappa shape index (κ3) is 5.54. The molecule has 24 heavy (non-hydrogen) atoms. The lowest BCUT2D eigenvalue weighted by molar-refractivity contribution is -0.123. The number of nitrogens with one attached hydrogen (secondary N) is 1. The van der Waals surface area contributed by atoms with E-state index in [1.54, 1.807) is 12.4 Å². The van der Waals surface area contributed by atoms with Crippen LogP contribution in [0.15, 0.2) is 24.5 Å². The molecule has 1 N–H and O–H groups in total. The van der Waals surface area contributed by atoms with Crippen LogP contribution in [-0.4, -0.2) is 55.2 Å². The zero-order chi connectivity index (χ0) is 17.4. The number of morpholine rings is 1. The highest BCUT2D eigenvalue weighted by Crippen LogP contribution is 2.17. The van der Waals surface area contributed by atoms with Gasteiger partial charge in [0.2, 0.25) is 15.9 Å². The molecular formula is C16H25N3O4S. The Morgan fingerprint density at radius 1 is 1.42 bits per heavy atom. The standard InChI is InChI=1S/C16H25N3O4S/c1-2-3-10-24(21,22)19-8-9-23-13-15(19)11-16(20)18-12-14-4-6-17-7-5-14/h4-7,15H,2-3,8-13H2,1H3,(H,18,20). The second-order valence-electron chi connectivity index (χ2n) is 5.85. The number of aromatic nitrogens is 1. The van der Waals surface area contributed by atoms with E-state index in [-0.39, 0.29) is 24.7 Å². The van der Waals surface area contributed by atoms with Gasteiger partial charge in [-0.3, -0.25) is 9.78 Å². The van der Waals surface area contributed by atoms with Crippen molar-refractivity contribution in [1.82, 2.24) is 14.6 Å². The summed E-state index contributed by atoms with van der Waals surface area (Å²) < 4.78 is 31.7. The molecule has 1 aromatic rings. The van der Waals surface area contributed by atoms with Gasteiger partial charge in [-0.25, -0.2) is 8.42 Å². The SMILES string of the molecule is CCCCS(=O)(=O)N1CCOCC1CC(=O)NCc1ccncc1. The number of nitrogens with zero attached hydrogens (tertiary/aromatic N) is 2. The molecule has 1 unspecified atom stereocenters. The Morgan fingerprint density at radius 3 is 2.88 bits per heavy atom. The maximum absolute atomic E-state index is 12.4. The third-order valence-electron chi connectivity index (χ3n) is 3.95. The summed E-state index contributed by atoms with van der Waals surface area (Å²) in [6.07, 6.45) is 4.88. The molecule has 1 amide bonds. The molecule has 2 heterocycles. The predicted octanol–water partition coefficient (Wildman–Crippen LogP) is 0.919. The zero-order valence-corrected chi connectivity index (χ0v) is 14.8. The molecule has 0 saturated carbocycles. The van der Waals surface area contributed by atoms with Crippen molar-refractivity contribution in [1.29, 1.82) is 0 Å². The summed E-state index contributed by atoms with van der Waals surface area (Å²) in [4.78, 5) is 16.1. The lowest BCUT2D eigenvalue weighted by Gasteiger charge is -2.34. The van der Waals surface area contributed by atoms with Gasteiger partial charge in [0.05, 0.1) is 25.0 Å². The van der Waals surface area contributed by atoms with Crippen LogP contribution in [-0.2, 0) is 26.1 Å². The average molecular weight is 355 g/mol. The molecule has 1 atom stereocenters. The van der Waals surface area contributed by atoms with Crippen molar-refractivity contribution < 1.29 is 17.9 Å². The number of hydrogen-bond donors (Lipinski definition) is 1. The number of hydrogen-bond acceptors (Lipinski definition) is 5. The van der Waals surface area contributed by atoms with Crippen LogP contribution in [0.4, 0.5) is 0 Å². The minimum Gasteiger partial charge on any atom is -0.378 e. The molecule has 8 heteroatoms. The number of ether oxygens (including phenoxy) is 1. The van der Waals surface area contributed by atoms with Gasteiger partial charge < -0.3 is 10.1 Å². The fourth-order valence-electron chi connectivity index (χ4n) is 2.60. The van der Waals surface area contributed by atoms with E-state index in [1.165, 1.54) is 4.31 Å². The first-order chi connectivity index (χ1) is 11.5. The Bertz CT molecular complexity index is 621. The number of rotatable bonds is 8. The number of pyridine rings is 1. The molecule has 1 aliphatic heterocycles. The fraction of sp³-hybridized carbons (Fsp3) is 0.625. The monoisotopic (exact) mass is 355 g/mol. The van der Waals surface area contributed by atoms with Crippen LogP contribution in [0.5, 0.6) is 0 Å². The van der Waals surface area contributed by atoms with Crippen molar-refractivity contribution in [2.45, 2.75) is 38.8 Å². The van der Waals surface area contributed by atoms with E-state index in [0.29, 0.717) is 26.1 Å². The van der Waals surface area contributed by atoms with Crippen LogP contribution < -0.4 is 5.32 Å². The normalized spacial score (nSPS) is 19.1. The Balaban J connectivity index is 1.91. The van der Waals surface area contributed by atoms with E-state index in [0.717, 1.165) is 12.0 Å². The predicted molar refractivity (Wildman–Crippen MR) is 90.7 cm³/mol. The average Bonchev–Trinajstić information content (AvgIpc) is 2.59. The summed E-state index contributed by atoms with van der Waals surface area (Å²) in [5, 5.41) is 2.82. The number of carbonyl (C=O) groups is 1. The van der Waals surface area contributed by atoms with Crippen LogP contribution in [0.2, 0.25) is 0 Å². The van der Waals surface area contributed by atoms with Crippen molar-refractivity contribution in [3.63, 3.8) is 0 Å². The smallest absolute Gasteiger partial charge is 0.221 e. The Hall–Kier alpha value is -1.51. The van der Waals surface area contributed by atoms with E-state index in [1.807, 2.05) is 19.1 Å². The van der Waals surface area contributed by atoms with Crippen LogP contribution >= 0.6 is 0 Å². The van der Waals surface area contributed by atoms with Crippen LogP contribution in [0.3, 0.4) is 0 Å². The molecule has 1 saturated heterocycles. The Morgan fingerprint density at radius 2 is 2.17 bits per heavy atom. The van der Waals surface area contributed by atoms with E-state index in [2.05, 4.69) is 10.3 Å². The van der Waals surface area contributed by atoms with E-state index in [9.17, 15) is 13.2 Å². The molecule has 0 aliphatic carbocycles. The number of unbranched alkanes of at least 4 members (excludes halogenated alkanes) is 1. The van der Waals surface area contributed by atoms with Gasteiger partial charge in [0.15, 0.2) is 0 Å². The van der Waals surface area contributed by atoms with Crippen LogP contribution in [0.1, 0.15) is 31.7 Å². The summed E-state index contributed by atoms with van der Waals surface area (Å²) in [6.45, 7) is 3.30. The molecule has 0 spiro atoms. The highest BCUT2D eigenvalue weighted by atomic mass is 32.2. The quantitative estimate of drug-likeness (QED) is 0.749. The van der Waals surface area contributed by atoms with Crippen molar-refractivity contribution in [2.24, 2.45) is 0 Å². The molecule has 0 bridgehead atoms. The highest BCUT2D eigenvalue weighted by molar-refractivity contribution is 7.89. The summed E-state index contributed by atoms with van der Waals surface area (Å²) in [5.74, 6) is -0.0588. The largest absolute Gasteiger partial charge is 0.378 e.